The van der Waals surface area contributed by atoms with E-state index >= 15 is 0 Å². The molecule has 1 N–H and O–H groups in total. The van der Waals surface area contributed by atoms with Crippen LogP contribution in [0.15, 0.2) is 12.4 Å². The number of ether oxygens (including phenoxy) is 1. The SMILES string of the molecule is CCNC(=O)C(C)Oc1cnn(CC)c1. The number of nitrogens with one attached hydrogen (secondary N) is 1. The molecule has 1 amide bonds. The number of carbonyl (C=O) groups excluding carboxylic acids is 1. The van der Waals surface area contributed by atoms with Gasteiger partial charge in [-0.25, -0.2) is 0 Å². The van der Waals surface area contributed by atoms with Gasteiger partial charge in [0.1, 0.15) is 0 Å². The molecule has 5 heteroatoms. The van der Waals surface area contributed by atoms with Crippen LogP contribution in [0.25, 0.3) is 0 Å². The first kappa shape index (κ1) is 11.6. The molecule has 1 heterocycles. The van der Waals surface area contributed by atoms with Crippen molar-refractivity contribution in [1.82, 2.24) is 15.1 Å². The van der Waals surface area contributed by atoms with Crippen molar-refractivity contribution in [2.75, 3.05) is 6.54 Å². The Labute approximate surface area is 89.4 Å². The summed E-state index contributed by atoms with van der Waals surface area (Å²) >= 11 is 0. The van der Waals surface area contributed by atoms with E-state index in [-0.39, 0.29) is 5.91 Å². The summed E-state index contributed by atoms with van der Waals surface area (Å²) in [6.45, 7) is 6.98. The van der Waals surface area contributed by atoms with Crippen LogP contribution in [0.5, 0.6) is 5.75 Å². The van der Waals surface area contributed by atoms with E-state index in [2.05, 4.69) is 10.4 Å². The number of rotatable bonds is 5. The number of aryl methyl sites for hydroxylation is 1. The predicted molar refractivity (Wildman–Crippen MR) is 56.7 cm³/mol. The number of hydrogen-bond acceptors (Lipinski definition) is 3. The van der Waals surface area contributed by atoms with Gasteiger partial charge in [0.2, 0.25) is 0 Å². The second-order valence-electron chi connectivity index (χ2n) is 3.19. The highest BCUT2D eigenvalue weighted by Gasteiger charge is 2.13. The quantitative estimate of drug-likeness (QED) is 0.784. The van der Waals surface area contributed by atoms with Gasteiger partial charge >= 0.3 is 0 Å². The van der Waals surface area contributed by atoms with E-state index in [1.807, 2.05) is 13.8 Å². The maximum atomic E-state index is 11.4. The van der Waals surface area contributed by atoms with Crippen LogP contribution in [0.4, 0.5) is 0 Å². The van der Waals surface area contributed by atoms with Crippen molar-refractivity contribution in [3.8, 4) is 5.75 Å². The Balaban J connectivity index is 2.50. The van der Waals surface area contributed by atoms with Crippen molar-refractivity contribution in [2.45, 2.75) is 33.4 Å². The Morgan fingerprint density at radius 2 is 2.40 bits per heavy atom. The minimum atomic E-state index is -0.487. The molecule has 84 valence electrons. The molecular weight excluding hydrogens is 194 g/mol. The highest BCUT2D eigenvalue weighted by atomic mass is 16.5. The predicted octanol–water partition coefficient (Wildman–Crippen LogP) is 0.806. The fourth-order valence-corrected chi connectivity index (χ4v) is 1.15. The van der Waals surface area contributed by atoms with Crippen molar-refractivity contribution in [3.05, 3.63) is 12.4 Å². The lowest BCUT2D eigenvalue weighted by atomic mass is 10.4. The van der Waals surface area contributed by atoms with E-state index in [9.17, 15) is 4.79 Å². The summed E-state index contributed by atoms with van der Waals surface area (Å²) in [5.74, 6) is 0.511. The second kappa shape index (κ2) is 5.38. The summed E-state index contributed by atoms with van der Waals surface area (Å²) in [5.41, 5.74) is 0. The molecule has 1 unspecified atom stereocenters. The van der Waals surface area contributed by atoms with E-state index in [4.69, 9.17) is 4.74 Å². The Kier molecular flexibility index (Phi) is 4.15. The third-order valence-corrected chi connectivity index (χ3v) is 1.97. The van der Waals surface area contributed by atoms with Crippen molar-refractivity contribution in [2.24, 2.45) is 0 Å². The average molecular weight is 211 g/mol. The van der Waals surface area contributed by atoms with Gasteiger partial charge in [0.05, 0.1) is 12.4 Å². The number of likely N-dealkylation sites (N-methyl/N-ethyl adjacent to an activating group) is 1. The number of amides is 1. The molecule has 1 atom stereocenters. The summed E-state index contributed by atoms with van der Waals surface area (Å²) in [5, 5.41) is 6.75. The van der Waals surface area contributed by atoms with Gasteiger partial charge < -0.3 is 10.1 Å². The minimum Gasteiger partial charge on any atom is -0.478 e. The third-order valence-electron chi connectivity index (χ3n) is 1.97. The van der Waals surface area contributed by atoms with Crippen LogP contribution in [-0.2, 0) is 11.3 Å². The smallest absolute Gasteiger partial charge is 0.260 e. The van der Waals surface area contributed by atoms with Crippen molar-refractivity contribution in [3.63, 3.8) is 0 Å². The van der Waals surface area contributed by atoms with Crippen molar-refractivity contribution < 1.29 is 9.53 Å². The largest absolute Gasteiger partial charge is 0.478 e. The standard InChI is InChI=1S/C10H17N3O2/c1-4-11-10(14)8(3)15-9-6-12-13(5-2)7-9/h6-8H,4-5H2,1-3H3,(H,11,14). The highest BCUT2D eigenvalue weighted by molar-refractivity contribution is 5.80. The van der Waals surface area contributed by atoms with Gasteiger partial charge in [0.15, 0.2) is 11.9 Å². The molecule has 1 rings (SSSR count). The highest BCUT2D eigenvalue weighted by Crippen LogP contribution is 2.10. The molecule has 0 aliphatic heterocycles. The monoisotopic (exact) mass is 211 g/mol. The molecule has 0 radical (unpaired) electrons. The molecule has 0 fully saturated rings. The van der Waals surface area contributed by atoms with Crippen LogP contribution < -0.4 is 10.1 Å². The lowest BCUT2D eigenvalue weighted by Gasteiger charge is -2.11. The zero-order valence-electron chi connectivity index (χ0n) is 9.36. The zero-order chi connectivity index (χ0) is 11.3. The molecule has 0 aliphatic rings. The van der Waals surface area contributed by atoms with Crippen LogP contribution in [0, 0.1) is 0 Å². The third kappa shape index (κ3) is 3.27. The molecule has 15 heavy (non-hydrogen) atoms. The molecule has 0 saturated heterocycles. The van der Waals surface area contributed by atoms with E-state index < -0.39 is 6.10 Å². The minimum absolute atomic E-state index is 0.109. The van der Waals surface area contributed by atoms with E-state index in [0.717, 1.165) is 6.54 Å². The van der Waals surface area contributed by atoms with Gasteiger partial charge in [0, 0.05) is 13.1 Å². The molecular formula is C10H17N3O2. The van der Waals surface area contributed by atoms with E-state index in [1.165, 1.54) is 0 Å². The summed E-state index contributed by atoms with van der Waals surface area (Å²) in [6.07, 6.45) is 2.90. The van der Waals surface area contributed by atoms with Crippen molar-refractivity contribution >= 4 is 5.91 Å². The van der Waals surface area contributed by atoms with Gasteiger partial charge in [0.25, 0.3) is 5.91 Å². The maximum Gasteiger partial charge on any atom is 0.260 e. The first-order valence-electron chi connectivity index (χ1n) is 5.14. The molecule has 1 aromatic rings. The van der Waals surface area contributed by atoms with E-state index in [1.54, 1.807) is 24.0 Å². The van der Waals surface area contributed by atoms with E-state index in [0.29, 0.717) is 12.3 Å². The molecule has 0 bridgehead atoms. The maximum absolute atomic E-state index is 11.4. The molecule has 0 saturated carbocycles. The Hall–Kier alpha value is -1.52. The summed E-state index contributed by atoms with van der Waals surface area (Å²) in [7, 11) is 0. The Bertz CT molecular complexity index is 322. The summed E-state index contributed by atoms with van der Waals surface area (Å²) < 4.78 is 7.17. The van der Waals surface area contributed by atoms with Gasteiger partial charge in [-0.05, 0) is 20.8 Å². The number of nitrogens with zero attached hydrogens (tertiary/aromatic N) is 2. The van der Waals surface area contributed by atoms with Crippen LogP contribution in [0.2, 0.25) is 0 Å². The van der Waals surface area contributed by atoms with Gasteiger partial charge in [-0.2, -0.15) is 5.10 Å². The van der Waals surface area contributed by atoms with Gasteiger partial charge in [-0.15, -0.1) is 0 Å². The molecule has 0 aromatic carbocycles. The first-order chi connectivity index (χ1) is 7.17. The van der Waals surface area contributed by atoms with Crippen LogP contribution in [-0.4, -0.2) is 28.3 Å². The topological polar surface area (TPSA) is 56.1 Å². The Morgan fingerprint density at radius 3 is 2.93 bits per heavy atom. The lowest BCUT2D eigenvalue weighted by Crippen LogP contribution is -2.35. The molecule has 0 spiro atoms. The molecule has 5 nitrogen and oxygen atoms in total. The fraction of sp³-hybridized carbons (Fsp3) is 0.600. The molecule has 1 aromatic heterocycles. The van der Waals surface area contributed by atoms with Crippen LogP contribution in [0.3, 0.4) is 0 Å². The Morgan fingerprint density at radius 1 is 1.67 bits per heavy atom. The van der Waals surface area contributed by atoms with Crippen molar-refractivity contribution in [1.29, 1.82) is 0 Å². The van der Waals surface area contributed by atoms with Gasteiger partial charge in [-0.1, -0.05) is 0 Å². The molecule has 0 aliphatic carbocycles. The first-order valence-corrected chi connectivity index (χ1v) is 5.14. The van der Waals surface area contributed by atoms with Crippen LogP contribution >= 0.6 is 0 Å². The number of hydrogen-bond donors (Lipinski definition) is 1. The number of aromatic nitrogens is 2. The normalized spacial score (nSPS) is 12.2. The second-order valence-corrected chi connectivity index (χ2v) is 3.19. The fourth-order valence-electron chi connectivity index (χ4n) is 1.15. The van der Waals surface area contributed by atoms with Gasteiger partial charge in [-0.3, -0.25) is 9.48 Å². The summed E-state index contributed by atoms with van der Waals surface area (Å²) in [4.78, 5) is 11.4. The van der Waals surface area contributed by atoms with Crippen LogP contribution in [0.1, 0.15) is 20.8 Å². The number of carbonyl (C=O) groups is 1. The lowest BCUT2D eigenvalue weighted by molar-refractivity contribution is -0.127. The zero-order valence-corrected chi connectivity index (χ0v) is 9.36. The summed E-state index contributed by atoms with van der Waals surface area (Å²) in [6, 6.07) is 0. The average Bonchev–Trinajstić information content (AvgIpc) is 2.66.